The maximum absolute atomic E-state index is 14.1. The van der Waals surface area contributed by atoms with Gasteiger partial charge in [0.25, 0.3) is 0 Å². The molecular weight excluding hydrogens is 317 g/mol. The van der Waals surface area contributed by atoms with Gasteiger partial charge in [-0.25, -0.2) is 4.39 Å². The Kier molecular flexibility index (Phi) is 5.63. The van der Waals surface area contributed by atoms with Crippen molar-refractivity contribution >= 4 is 22.7 Å². The van der Waals surface area contributed by atoms with Crippen LogP contribution in [0.1, 0.15) is 16.7 Å². The zero-order valence-corrected chi connectivity index (χ0v) is 14.0. The Morgan fingerprint density at radius 2 is 2.04 bits per heavy atom. The van der Waals surface area contributed by atoms with E-state index in [1.165, 1.54) is 24.5 Å². The van der Waals surface area contributed by atoms with Gasteiger partial charge in [-0.2, -0.15) is 5.06 Å². The molecule has 0 fully saturated rings. The SMILES string of the molecule is CSC(=O)N(O)c1cccc(F)c1COc1ccc(C)cc1C. The Morgan fingerprint density at radius 1 is 1.30 bits per heavy atom. The molecule has 2 aromatic carbocycles. The fourth-order valence-electron chi connectivity index (χ4n) is 2.18. The molecule has 2 rings (SSSR count). The lowest BCUT2D eigenvalue weighted by atomic mass is 10.1. The minimum Gasteiger partial charge on any atom is -0.488 e. The fourth-order valence-corrected chi connectivity index (χ4v) is 2.46. The molecule has 0 bridgehead atoms. The van der Waals surface area contributed by atoms with Gasteiger partial charge < -0.3 is 4.74 Å². The van der Waals surface area contributed by atoms with Gasteiger partial charge in [-0.05, 0) is 43.9 Å². The van der Waals surface area contributed by atoms with E-state index in [9.17, 15) is 14.4 Å². The van der Waals surface area contributed by atoms with Crippen LogP contribution in [0.15, 0.2) is 36.4 Å². The summed E-state index contributed by atoms with van der Waals surface area (Å²) in [7, 11) is 0. The van der Waals surface area contributed by atoms with Gasteiger partial charge in [0.15, 0.2) is 0 Å². The maximum atomic E-state index is 14.1. The summed E-state index contributed by atoms with van der Waals surface area (Å²) < 4.78 is 19.8. The van der Waals surface area contributed by atoms with Crippen molar-refractivity contribution < 1.29 is 19.1 Å². The van der Waals surface area contributed by atoms with E-state index in [1.54, 1.807) is 0 Å². The van der Waals surface area contributed by atoms with E-state index < -0.39 is 11.1 Å². The molecule has 0 heterocycles. The molecule has 2 aromatic rings. The first-order chi connectivity index (χ1) is 10.9. The van der Waals surface area contributed by atoms with Crippen molar-refractivity contribution in [2.24, 2.45) is 0 Å². The van der Waals surface area contributed by atoms with Gasteiger partial charge in [0.1, 0.15) is 18.2 Å². The maximum Gasteiger partial charge on any atom is 0.309 e. The number of nitrogens with zero attached hydrogens (tertiary/aromatic N) is 1. The second kappa shape index (κ2) is 7.48. The normalized spacial score (nSPS) is 10.5. The van der Waals surface area contributed by atoms with Crippen LogP contribution in [0.4, 0.5) is 14.9 Å². The van der Waals surface area contributed by atoms with Crippen molar-refractivity contribution in [2.75, 3.05) is 11.3 Å². The molecule has 1 amide bonds. The highest BCUT2D eigenvalue weighted by atomic mass is 32.2. The van der Waals surface area contributed by atoms with Crippen molar-refractivity contribution in [1.82, 2.24) is 0 Å². The molecule has 6 heteroatoms. The van der Waals surface area contributed by atoms with E-state index in [0.29, 0.717) is 10.8 Å². The second-order valence-corrected chi connectivity index (χ2v) is 5.83. The first kappa shape index (κ1) is 17.3. The summed E-state index contributed by atoms with van der Waals surface area (Å²) in [6, 6.07) is 9.85. The van der Waals surface area contributed by atoms with Gasteiger partial charge in [-0.15, -0.1) is 0 Å². The van der Waals surface area contributed by atoms with Crippen LogP contribution < -0.4 is 9.80 Å². The smallest absolute Gasteiger partial charge is 0.309 e. The van der Waals surface area contributed by atoms with E-state index in [1.807, 2.05) is 32.0 Å². The highest BCUT2D eigenvalue weighted by molar-refractivity contribution is 8.13. The zero-order chi connectivity index (χ0) is 17.0. The number of hydrogen-bond donors (Lipinski definition) is 1. The molecule has 0 aromatic heterocycles. The van der Waals surface area contributed by atoms with E-state index in [4.69, 9.17) is 4.74 Å². The average Bonchev–Trinajstić information content (AvgIpc) is 2.53. The Bertz CT molecular complexity index is 721. The van der Waals surface area contributed by atoms with Crippen molar-refractivity contribution in [2.45, 2.75) is 20.5 Å². The second-order valence-electron chi connectivity index (χ2n) is 5.08. The summed E-state index contributed by atoms with van der Waals surface area (Å²) in [5.41, 5.74) is 2.24. The number of aryl methyl sites for hydroxylation is 2. The number of ether oxygens (including phenoxy) is 1. The molecule has 122 valence electrons. The highest BCUT2D eigenvalue weighted by Gasteiger charge is 2.19. The van der Waals surface area contributed by atoms with Gasteiger partial charge in [0.2, 0.25) is 0 Å². The Morgan fingerprint density at radius 3 is 2.70 bits per heavy atom. The third kappa shape index (κ3) is 4.03. The van der Waals surface area contributed by atoms with E-state index in [2.05, 4.69) is 0 Å². The van der Waals surface area contributed by atoms with Gasteiger partial charge >= 0.3 is 5.24 Å². The number of rotatable bonds is 4. The number of benzene rings is 2. The molecule has 0 atom stereocenters. The van der Waals surface area contributed by atoms with Crippen LogP contribution in [-0.2, 0) is 6.61 Å². The predicted molar refractivity (Wildman–Crippen MR) is 89.8 cm³/mol. The van der Waals surface area contributed by atoms with Crippen molar-refractivity contribution in [1.29, 1.82) is 0 Å². The molecular formula is C17H18FNO3S. The summed E-state index contributed by atoms with van der Waals surface area (Å²) in [5.74, 6) is 0.0886. The Hall–Kier alpha value is -2.05. The van der Waals surface area contributed by atoms with Crippen LogP contribution in [-0.4, -0.2) is 16.7 Å². The monoisotopic (exact) mass is 335 g/mol. The molecule has 0 radical (unpaired) electrons. The number of anilines is 1. The first-order valence-electron chi connectivity index (χ1n) is 6.98. The van der Waals surface area contributed by atoms with Gasteiger partial charge in [-0.1, -0.05) is 35.5 Å². The average molecular weight is 335 g/mol. The lowest BCUT2D eigenvalue weighted by Crippen LogP contribution is -2.24. The summed E-state index contributed by atoms with van der Waals surface area (Å²) in [6.07, 6.45) is 1.54. The molecule has 0 aliphatic carbocycles. The van der Waals surface area contributed by atoms with Crippen LogP contribution in [0.25, 0.3) is 0 Å². The number of carbonyl (C=O) groups excluding carboxylic acids is 1. The molecule has 4 nitrogen and oxygen atoms in total. The number of thioether (sulfide) groups is 1. The summed E-state index contributed by atoms with van der Waals surface area (Å²) >= 11 is 0.835. The highest BCUT2D eigenvalue weighted by Crippen LogP contribution is 2.27. The number of halogens is 1. The van der Waals surface area contributed by atoms with Crippen molar-refractivity contribution in [3.63, 3.8) is 0 Å². The Labute approximate surface area is 138 Å². The molecule has 0 aliphatic rings. The molecule has 0 spiro atoms. The van der Waals surface area contributed by atoms with Crippen LogP contribution in [0.2, 0.25) is 0 Å². The van der Waals surface area contributed by atoms with Gasteiger partial charge in [0, 0.05) is 0 Å². The first-order valence-corrected chi connectivity index (χ1v) is 8.21. The summed E-state index contributed by atoms with van der Waals surface area (Å²) in [6.45, 7) is 3.79. The quantitative estimate of drug-likeness (QED) is 0.650. The van der Waals surface area contributed by atoms with Crippen LogP contribution in [0, 0.1) is 19.7 Å². The number of hydroxylamine groups is 1. The van der Waals surface area contributed by atoms with E-state index >= 15 is 0 Å². The number of hydrogen-bond acceptors (Lipinski definition) is 4. The van der Waals surface area contributed by atoms with Gasteiger partial charge in [0.05, 0.1) is 11.3 Å². The lowest BCUT2D eigenvalue weighted by molar-refractivity contribution is 0.223. The molecule has 0 aliphatic heterocycles. The fraction of sp³-hybridized carbons (Fsp3) is 0.235. The van der Waals surface area contributed by atoms with E-state index in [-0.39, 0.29) is 17.9 Å². The molecule has 0 saturated heterocycles. The van der Waals surface area contributed by atoms with Crippen LogP contribution >= 0.6 is 11.8 Å². The number of carbonyl (C=O) groups is 1. The van der Waals surface area contributed by atoms with Crippen LogP contribution in [0.3, 0.4) is 0 Å². The van der Waals surface area contributed by atoms with Crippen LogP contribution in [0.5, 0.6) is 5.75 Å². The van der Waals surface area contributed by atoms with Crippen molar-refractivity contribution in [3.8, 4) is 5.75 Å². The standard InChI is InChI=1S/C17H18FNO3S/c1-11-7-8-16(12(2)9-11)22-10-13-14(18)5-4-6-15(13)19(21)17(20)23-3/h4-9,21H,10H2,1-3H3. The minimum absolute atomic E-state index is 0.0779. The third-order valence-corrected chi connectivity index (χ3v) is 3.89. The molecule has 23 heavy (non-hydrogen) atoms. The summed E-state index contributed by atoms with van der Waals surface area (Å²) in [5, 5.41) is 9.77. The lowest BCUT2D eigenvalue weighted by Gasteiger charge is -2.18. The molecule has 1 N–H and O–H groups in total. The molecule has 0 saturated carbocycles. The van der Waals surface area contributed by atoms with Crippen molar-refractivity contribution in [3.05, 3.63) is 58.9 Å². The largest absolute Gasteiger partial charge is 0.488 e. The number of amides is 1. The Balaban J connectivity index is 2.27. The molecule has 0 unspecified atom stereocenters. The van der Waals surface area contributed by atoms with Gasteiger partial charge in [-0.3, -0.25) is 10.0 Å². The summed E-state index contributed by atoms with van der Waals surface area (Å²) in [4.78, 5) is 11.6. The third-order valence-electron chi connectivity index (χ3n) is 3.37. The predicted octanol–water partition coefficient (Wildman–Crippen LogP) is 4.70. The van der Waals surface area contributed by atoms with E-state index in [0.717, 1.165) is 22.9 Å². The zero-order valence-electron chi connectivity index (χ0n) is 13.2. The topological polar surface area (TPSA) is 49.8 Å². The minimum atomic E-state index is -0.594.